The highest BCUT2D eigenvalue weighted by molar-refractivity contribution is 5.94. The molecule has 1 heterocycles. The van der Waals surface area contributed by atoms with Crippen molar-refractivity contribution in [1.82, 2.24) is 5.32 Å². The van der Waals surface area contributed by atoms with E-state index in [1.807, 2.05) is 6.92 Å². The SMILES string of the molecule is CCCNC(=O)[C@@H](C)OC(=O)c1ccc(-c2ccc(C(C)=O)cc2)o1. The van der Waals surface area contributed by atoms with Crippen LogP contribution in [0, 0.1) is 0 Å². The number of hydrogen-bond acceptors (Lipinski definition) is 5. The van der Waals surface area contributed by atoms with Gasteiger partial charge in [0, 0.05) is 17.7 Å². The van der Waals surface area contributed by atoms with Crippen LogP contribution < -0.4 is 5.32 Å². The van der Waals surface area contributed by atoms with Gasteiger partial charge in [-0.3, -0.25) is 9.59 Å². The molecule has 1 amide bonds. The zero-order chi connectivity index (χ0) is 18.4. The summed E-state index contributed by atoms with van der Waals surface area (Å²) in [6.45, 7) is 5.47. The van der Waals surface area contributed by atoms with Gasteiger partial charge in [-0.05, 0) is 32.4 Å². The van der Waals surface area contributed by atoms with Crippen LogP contribution in [0.3, 0.4) is 0 Å². The van der Waals surface area contributed by atoms with E-state index in [-0.39, 0.29) is 17.5 Å². The minimum Gasteiger partial charge on any atom is -0.449 e. The quantitative estimate of drug-likeness (QED) is 0.616. The molecule has 0 aliphatic carbocycles. The van der Waals surface area contributed by atoms with Gasteiger partial charge in [-0.25, -0.2) is 4.79 Å². The standard InChI is InChI=1S/C19H21NO5/c1-4-11-20-18(22)13(3)24-19(23)17-10-9-16(25-17)15-7-5-14(6-8-15)12(2)21/h5-10,13H,4,11H2,1-3H3,(H,20,22)/t13-/m1/s1. The molecule has 0 saturated carbocycles. The molecule has 0 saturated heterocycles. The first-order valence-electron chi connectivity index (χ1n) is 8.12. The van der Waals surface area contributed by atoms with Gasteiger partial charge in [0.2, 0.25) is 5.76 Å². The third-order valence-electron chi connectivity index (χ3n) is 3.59. The molecule has 0 spiro atoms. The number of benzene rings is 1. The van der Waals surface area contributed by atoms with Crippen molar-refractivity contribution in [2.75, 3.05) is 6.54 Å². The maximum absolute atomic E-state index is 12.1. The third kappa shape index (κ3) is 4.79. The van der Waals surface area contributed by atoms with Gasteiger partial charge >= 0.3 is 5.97 Å². The zero-order valence-electron chi connectivity index (χ0n) is 14.5. The predicted molar refractivity (Wildman–Crippen MR) is 92.3 cm³/mol. The summed E-state index contributed by atoms with van der Waals surface area (Å²) in [6, 6.07) is 10.0. The summed E-state index contributed by atoms with van der Waals surface area (Å²) < 4.78 is 10.6. The third-order valence-corrected chi connectivity index (χ3v) is 3.59. The molecule has 6 nitrogen and oxygen atoms in total. The minimum atomic E-state index is -0.901. The maximum Gasteiger partial charge on any atom is 0.375 e. The number of carbonyl (C=O) groups excluding carboxylic acids is 3. The van der Waals surface area contributed by atoms with Crippen molar-refractivity contribution in [3.8, 4) is 11.3 Å². The van der Waals surface area contributed by atoms with Gasteiger partial charge in [0.25, 0.3) is 5.91 Å². The Bertz CT molecular complexity index is 760. The van der Waals surface area contributed by atoms with Crippen LogP contribution in [-0.4, -0.2) is 30.3 Å². The van der Waals surface area contributed by atoms with Gasteiger partial charge in [0.15, 0.2) is 11.9 Å². The lowest BCUT2D eigenvalue weighted by Gasteiger charge is -2.12. The molecule has 0 aliphatic rings. The fraction of sp³-hybridized carbons (Fsp3) is 0.316. The lowest BCUT2D eigenvalue weighted by molar-refractivity contribution is -0.129. The van der Waals surface area contributed by atoms with E-state index in [4.69, 9.17) is 9.15 Å². The molecular weight excluding hydrogens is 322 g/mol. The molecule has 6 heteroatoms. The first-order chi connectivity index (χ1) is 11.9. The monoisotopic (exact) mass is 343 g/mol. The summed E-state index contributed by atoms with van der Waals surface area (Å²) in [4.78, 5) is 35.1. The number of ether oxygens (including phenoxy) is 1. The van der Waals surface area contributed by atoms with Crippen LogP contribution in [0.2, 0.25) is 0 Å². The highest BCUT2D eigenvalue weighted by atomic mass is 16.6. The van der Waals surface area contributed by atoms with E-state index in [2.05, 4.69) is 5.32 Å². The number of esters is 1. The smallest absolute Gasteiger partial charge is 0.375 e. The molecular formula is C19H21NO5. The molecule has 132 valence electrons. The van der Waals surface area contributed by atoms with E-state index in [1.54, 1.807) is 30.3 Å². The van der Waals surface area contributed by atoms with E-state index >= 15 is 0 Å². The molecule has 0 aliphatic heterocycles. The van der Waals surface area contributed by atoms with Gasteiger partial charge in [0.1, 0.15) is 5.76 Å². The second-order valence-electron chi connectivity index (χ2n) is 5.64. The summed E-state index contributed by atoms with van der Waals surface area (Å²) in [6.07, 6.45) is -0.0986. The van der Waals surface area contributed by atoms with Gasteiger partial charge in [-0.15, -0.1) is 0 Å². The molecule has 0 unspecified atom stereocenters. The Morgan fingerprint density at radius 3 is 2.40 bits per heavy atom. The molecule has 25 heavy (non-hydrogen) atoms. The van der Waals surface area contributed by atoms with Crippen molar-refractivity contribution >= 4 is 17.7 Å². The second kappa shape index (κ2) is 8.28. The van der Waals surface area contributed by atoms with Crippen molar-refractivity contribution in [3.63, 3.8) is 0 Å². The van der Waals surface area contributed by atoms with E-state index in [0.717, 1.165) is 12.0 Å². The number of ketones is 1. The molecule has 2 rings (SSSR count). The van der Waals surface area contributed by atoms with Crippen molar-refractivity contribution < 1.29 is 23.5 Å². The number of carbonyl (C=O) groups is 3. The number of nitrogens with one attached hydrogen (secondary N) is 1. The number of hydrogen-bond donors (Lipinski definition) is 1. The summed E-state index contributed by atoms with van der Waals surface area (Å²) in [5.74, 6) is -0.580. The fourth-order valence-electron chi connectivity index (χ4n) is 2.14. The topological polar surface area (TPSA) is 85.6 Å². The highest BCUT2D eigenvalue weighted by Gasteiger charge is 2.21. The summed E-state index contributed by atoms with van der Waals surface area (Å²) in [5.41, 5.74) is 1.33. The molecule has 1 aromatic carbocycles. The van der Waals surface area contributed by atoms with E-state index < -0.39 is 12.1 Å². The van der Waals surface area contributed by atoms with Gasteiger partial charge < -0.3 is 14.5 Å². The van der Waals surface area contributed by atoms with Gasteiger partial charge in [-0.2, -0.15) is 0 Å². The number of amides is 1. The van der Waals surface area contributed by atoms with Crippen molar-refractivity contribution in [3.05, 3.63) is 47.7 Å². The molecule has 0 fully saturated rings. The predicted octanol–water partition coefficient (Wildman–Crippen LogP) is 3.22. The summed E-state index contributed by atoms with van der Waals surface area (Å²) in [7, 11) is 0. The summed E-state index contributed by atoms with van der Waals surface area (Å²) in [5, 5.41) is 2.66. The highest BCUT2D eigenvalue weighted by Crippen LogP contribution is 2.23. The molecule has 0 bridgehead atoms. The van der Waals surface area contributed by atoms with Crippen LogP contribution in [0.1, 0.15) is 48.1 Å². The van der Waals surface area contributed by atoms with Crippen LogP contribution in [0.5, 0.6) is 0 Å². The normalized spacial score (nSPS) is 11.6. The van der Waals surface area contributed by atoms with Crippen LogP contribution in [-0.2, 0) is 9.53 Å². The Labute approximate surface area is 146 Å². The van der Waals surface area contributed by atoms with Crippen LogP contribution in [0.15, 0.2) is 40.8 Å². The molecule has 1 aromatic heterocycles. The Hall–Kier alpha value is -2.89. The van der Waals surface area contributed by atoms with Crippen LogP contribution in [0.25, 0.3) is 11.3 Å². The van der Waals surface area contributed by atoms with Gasteiger partial charge in [0.05, 0.1) is 0 Å². The van der Waals surface area contributed by atoms with Crippen molar-refractivity contribution in [2.45, 2.75) is 33.3 Å². The average Bonchev–Trinajstić information content (AvgIpc) is 3.09. The number of rotatable bonds is 7. The number of Topliss-reactive ketones (excluding diaryl/α,β-unsaturated/α-hetero) is 1. The summed E-state index contributed by atoms with van der Waals surface area (Å²) >= 11 is 0. The Morgan fingerprint density at radius 1 is 1.12 bits per heavy atom. The first kappa shape index (κ1) is 18.4. The lowest BCUT2D eigenvalue weighted by Crippen LogP contribution is -2.36. The van der Waals surface area contributed by atoms with Crippen LogP contribution >= 0.6 is 0 Å². The Morgan fingerprint density at radius 2 is 1.80 bits per heavy atom. The second-order valence-corrected chi connectivity index (χ2v) is 5.64. The lowest BCUT2D eigenvalue weighted by atomic mass is 10.1. The van der Waals surface area contributed by atoms with Crippen molar-refractivity contribution in [1.29, 1.82) is 0 Å². The van der Waals surface area contributed by atoms with E-state index in [0.29, 0.717) is 17.9 Å². The molecule has 2 aromatic rings. The zero-order valence-corrected chi connectivity index (χ0v) is 14.5. The van der Waals surface area contributed by atoms with Crippen molar-refractivity contribution in [2.24, 2.45) is 0 Å². The maximum atomic E-state index is 12.1. The molecule has 0 radical (unpaired) electrons. The minimum absolute atomic E-state index is 0.0146. The average molecular weight is 343 g/mol. The van der Waals surface area contributed by atoms with Gasteiger partial charge in [-0.1, -0.05) is 31.2 Å². The number of furan rings is 1. The largest absolute Gasteiger partial charge is 0.449 e. The van der Waals surface area contributed by atoms with Crippen LogP contribution in [0.4, 0.5) is 0 Å². The van der Waals surface area contributed by atoms with E-state index in [9.17, 15) is 14.4 Å². The molecule has 1 N–H and O–H groups in total. The first-order valence-corrected chi connectivity index (χ1v) is 8.12. The molecule has 1 atom stereocenters. The Kier molecular flexibility index (Phi) is 6.11. The Balaban J connectivity index is 2.03. The van der Waals surface area contributed by atoms with E-state index in [1.165, 1.54) is 19.9 Å². The fourth-order valence-corrected chi connectivity index (χ4v) is 2.14.